The van der Waals surface area contributed by atoms with Crippen LogP contribution in [0.4, 0.5) is 10.2 Å². The van der Waals surface area contributed by atoms with Crippen LogP contribution in [0.1, 0.15) is 13.8 Å². The number of hydrogen-bond donors (Lipinski definition) is 0. The molecule has 1 saturated heterocycles. The van der Waals surface area contributed by atoms with Crippen molar-refractivity contribution in [2.45, 2.75) is 26.0 Å². The number of rotatable bonds is 4. The van der Waals surface area contributed by atoms with Gasteiger partial charge in [0.25, 0.3) is 5.91 Å². The molecule has 1 aliphatic rings. The van der Waals surface area contributed by atoms with E-state index in [2.05, 4.69) is 4.98 Å². The van der Waals surface area contributed by atoms with E-state index in [4.69, 9.17) is 4.74 Å². The van der Waals surface area contributed by atoms with E-state index in [1.54, 1.807) is 24.0 Å². The molecule has 5 nitrogen and oxygen atoms in total. The molecule has 2 aromatic rings. The van der Waals surface area contributed by atoms with Crippen LogP contribution in [0.2, 0.25) is 0 Å². The van der Waals surface area contributed by atoms with Gasteiger partial charge >= 0.3 is 0 Å². The predicted octanol–water partition coefficient (Wildman–Crippen LogP) is 2.73. The molecule has 0 aliphatic carbocycles. The van der Waals surface area contributed by atoms with Crippen molar-refractivity contribution in [3.8, 4) is 5.75 Å². The number of ether oxygens (including phenoxy) is 1. The van der Waals surface area contributed by atoms with Crippen molar-refractivity contribution in [2.75, 3.05) is 24.5 Å². The van der Waals surface area contributed by atoms with Gasteiger partial charge in [0.15, 0.2) is 6.10 Å². The summed E-state index contributed by atoms with van der Waals surface area (Å²) in [6.45, 7) is 5.50. The first kappa shape index (κ1) is 17.2. The maximum atomic E-state index is 13.3. The topological polar surface area (TPSA) is 45.7 Å². The second-order valence-electron chi connectivity index (χ2n) is 6.22. The number of carbonyl (C=O) groups is 1. The number of aromatic nitrogens is 1. The van der Waals surface area contributed by atoms with Crippen LogP contribution in [0.15, 0.2) is 48.5 Å². The highest BCUT2D eigenvalue weighted by molar-refractivity contribution is 5.81. The summed E-state index contributed by atoms with van der Waals surface area (Å²) in [5.74, 6) is 0.753. The summed E-state index contributed by atoms with van der Waals surface area (Å²) in [6.07, 6.45) is -0.548. The van der Waals surface area contributed by atoms with Gasteiger partial charge in [0, 0.05) is 25.7 Å². The third-order valence-corrected chi connectivity index (χ3v) is 4.34. The summed E-state index contributed by atoms with van der Waals surface area (Å²) in [5, 5.41) is 0. The maximum absolute atomic E-state index is 13.3. The molecule has 3 rings (SSSR count). The van der Waals surface area contributed by atoms with Crippen LogP contribution in [-0.4, -0.2) is 47.6 Å². The lowest BCUT2D eigenvalue weighted by Gasteiger charge is -2.41. The molecule has 1 aromatic heterocycles. The fourth-order valence-corrected chi connectivity index (χ4v) is 3.07. The standard InChI is InChI=1S/C19H22FN3O2/c1-14-13-22(11-12-23(14)18-10-6-9-17(20)21-18)19(24)15(2)25-16-7-4-3-5-8-16/h3-10,14-15H,11-13H2,1-2H3. The van der Waals surface area contributed by atoms with Crippen LogP contribution in [0.3, 0.4) is 0 Å². The minimum absolute atomic E-state index is 0.0393. The van der Waals surface area contributed by atoms with Crippen LogP contribution in [0.25, 0.3) is 0 Å². The Hall–Kier alpha value is -2.63. The highest BCUT2D eigenvalue weighted by atomic mass is 19.1. The molecule has 1 fully saturated rings. The number of nitrogens with zero attached hydrogens (tertiary/aromatic N) is 3. The van der Waals surface area contributed by atoms with Crippen LogP contribution >= 0.6 is 0 Å². The first-order chi connectivity index (χ1) is 12.0. The van der Waals surface area contributed by atoms with E-state index >= 15 is 0 Å². The number of para-hydroxylation sites is 1. The third kappa shape index (κ3) is 4.07. The van der Waals surface area contributed by atoms with E-state index in [0.29, 0.717) is 31.2 Å². The summed E-state index contributed by atoms with van der Waals surface area (Å²) in [5.41, 5.74) is 0. The fourth-order valence-electron chi connectivity index (χ4n) is 3.07. The number of hydrogen-bond acceptors (Lipinski definition) is 4. The number of carbonyl (C=O) groups excluding carboxylic acids is 1. The van der Waals surface area contributed by atoms with Gasteiger partial charge < -0.3 is 14.5 Å². The zero-order valence-corrected chi connectivity index (χ0v) is 14.4. The molecule has 0 radical (unpaired) electrons. The SMILES string of the molecule is CC(Oc1ccccc1)C(=O)N1CCN(c2cccc(F)n2)C(C)C1. The molecule has 6 heteroatoms. The number of anilines is 1. The van der Waals surface area contributed by atoms with Crippen molar-refractivity contribution >= 4 is 11.7 Å². The molecule has 2 heterocycles. The van der Waals surface area contributed by atoms with Crippen molar-refractivity contribution in [1.29, 1.82) is 0 Å². The molecular weight excluding hydrogens is 321 g/mol. The van der Waals surface area contributed by atoms with E-state index < -0.39 is 12.1 Å². The van der Waals surface area contributed by atoms with Crippen molar-refractivity contribution in [1.82, 2.24) is 9.88 Å². The molecule has 0 bridgehead atoms. The molecule has 0 saturated carbocycles. The third-order valence-electron chi connectivity index (χ3n) is 4.34. The van der Waals surface area contributed by atoms with Gasteiger partial charge in [-0.2, -0.15) is 4.39 Å². The Labute approximate surface area is 147 Å². The minimum atomic E-state index is -0.548. The van der Waals surface area contributed by atoms with Gasteiger partial charge in [0.1, 0.15) is 11.6 Å². The Kier molecular flexibility index (Phi) is 5.16. The zero-order chi connectivity index (χ0) is 17.8. The first-order valence-electron chi connectivity index (χ1n) is 8.44. The van der Waals surface area contributed by atoms with Crippen molar-refractivity contribution < 1.29 is 13.9 Å². The molecule has 1 aromatic carbocycles. The van der Waals surface area contributed by atoms with E-state index in [9.17, 15) is 9.18 Å². The summed E-state index contributed by atoms with van der Waals surface area (Å²) in [7, 11) is 0. The Balaban J connectivity index is 1.61. The lowest BCUT2D eigenvalue weighted by molar-refractivity contribution is -0.138. The molecular formula is C19H22FN3O2. The largest absolute Gasteiger partial charge is 0.481 e. The lowest BCUT2D eigenvalue weighted by Crippen LogP contribution is -2.56. The van der Waals surface area contributed by atoms with Crippen LogP contribution in [-0.2, 0) is 4.79 Å². The molecule has 0 spiro atoms. The number of benzene rings is 1. The molecule has 2 atom stereocenters. The van der Waals surface area contributed by atoms with Crippen molar-refractivity contribution in [2.24, 2.45) is 0 Å². The average molecular weight is 343 g/mol. The molecule has 2 unspecified atom stereocenters. The highest BCUT2D eigenvalue weighted by Gasteiger charge is 2.30. The Bertz CT molecular complexity index is 726. The highest BCUT2D eigenvalue weighted by Crippen LogP contribution is 2.20. The van der Waals surface area contributed by atoms with Gasteiger partial charge in [-0.1, -0.05) is 24.3 Å². The van der Waals surface area contributed by atoms with Gasteiger partial charge in [-0.25, -0.2) is 4.98 Å². The van der Waals surface area contributed by atoms with Crippen LogP contribution in [0, 0.1) is 5.95 Å². The Morgan fingerprint density at radius 2 is 1.96 bits per heavy atom. The average Bonchev–Trinajstić information content (AvgIpc) is 2.61. The lowest BCUT2D eigenvalue weighted by atomic mass is 10.1. The van der Waals surface area contributed by atoms with Crippen molar-refractivity contribution in [3.63, 3.8) is 0 Å². The molecule has 1 amide bonds. The monoisotopic (exact) mass is 343 g/mol. The van der Waals surface area contributed by atoms with Gasteiger partial charge in [-0.15, -0.1) is 0 Å². The summed E-state index contributed by atoms with van der Waals surface area (Å²) < 4.78 is 19.1. The molecule has 1 aliphatic heterocycles. The molecule has 25 heavy (non-hydrogen) atoms. The van der Waals surface area contributed by atoms with Crippen LogP contribution in [0.5, 0.6) is 5.75 Å². The van der Waals surface area contributed by atoms with Crippen LogP contribution < -0.4 is 9.64 Å². The predicted molar refractivity (Wildman–Crippen MR) is 94.1 cm³/mol. The molecule has 0 N–H and O–H groups in total. The second kappa shape index (κ2) is 7.51. The summed E-state index contributed by atoms with van der Waals surface area (Å²) in [4.78, 5) is 20.4. The number of halogens is 1. The number of pyridine rings is 1. The zero-order valence-electron chi connectivity index (χ0n) is 14.4. The Morgan fingerprint density at radius 1 is 1.20 bits per heavy atom. The number of amides is 1. The smallest absolute Gasteiger partial charge is 0.263 e. The quantitative estimate of drug-likeness (QED) is 0.801. The van der Waals surface area contributed by atoms with E-state index in [1.165, 1.54) is 6.07 Å². The van der Waals surface area contributed by atoms with Crippen molar-refractivity contribution in [3.05, 3.63) is 54.5 Å². The van der Waals surface area contributed by atoms with Gasteiger partial charge in [0.05, 0.1) is 0 Å². The van der Waals surface area contributed by atoms with E-state index in [1.807, 2.05) is 42.2 Å². The summed E-state index contributed by atoms with van der Waals surface area (Å²) in [6, 6.07) is 14.1. The minimum Gasteiger partial charge on any atom is -0.481 e. The Morgan fingerprint density at radius 3 is 2.64 bits per heavy atom. The van der Waals surface area contributed by atoms with E-state index in [-0.39, 0.29) is 11.9 Å². The normalized spacial score (nSPS) is 18.8. The van der Waals surface area contributed by atoms with Gasteiger partial charge in [-0.3, -0.25) is 4.79 Å². The first-order valence-corrected chi connectivity index (χ1v) is 8.44. The summed E-state index contributed by atoms with van der Waals surface area (Å²) >= 11 is 0. The van der Waals surface area contributed by atoms with Gasteiger partial charge in [-0.05, 0) is 38.1 Å². The molecule has 132 valence electrons. The second-order valence-corrected chi connectivity index (χ2v) is 6.22. The van der Waals surface area contributed by atoms with E-state index in [0.717, 1.165) is 0 Å². The number of piperazine rings is 1. The maximum Gasteiger partial charge on any atom is 0.263 e. The van der Waals surface area contributed by atoms with Gasteiger partial charge in [0.2, 0.25) is 5.95 Å². The fraction of sp³-hybridized carbons (Fsp3) is 0.368.